The van der Waals surface area contributed by atoms with Crippen molar-refractivity contribution in [2.45, 2.75) is 26.4 Å². The van der Waals surface area contributed by atoms with Crippen LogP contribution >= 0.6 is 0 Å². The first kappa shape index (κ1) is 27.4. The molecule has 0 fully saturated rings. The van der Waals surface area contributed by atoms with Crippen LogP contribution in [0.3, 0.4) is 0 Å². The molecule has 0 spiro atoms. The van der Waals surface area contributed by atoms with E-state index in [1.54, 1.807) is 10.9 Å². The van der Waals surface area contributed by atoms with E-state index < -0.39 is 0 Å². The lowest BCUT2D eigenvalue weighted by molar-refractivity contribution is -0.123. The molecule has 0 aliphatic heterocycles. The Kier molecular flexibility index (Phi) is 8.86. The zero-order valence-corrected chi connectivity index (χ0v) is 23.1. The summed E-state index contributed by atoms with van der Waals surface area (Å²) in [5, 5.41) is 9.00. The van der Waals surface area contributed by atoms with E-state index in [9.17, 15) is 4.79 Å². The van der Waals surface area contributed by atoms with Crippen LogP contribution in [0.5, 0.6) is 11.5 Å². The second-order valence-electron chi connectivity index (χ2n) is 9.82. The number of amides is 1. The van der Waals surface area contributed by atoms with Crippen molar-refractivity contribution in [3.8, 4) is 28.4 Å². The normalized spacial score (nSPS) is 11.1. The second-order valence-corrected chi connectivity index (χ2v) is 9.82. The van der Waals surface area contributed by atoms with Crippen LogP contribution in [-0.4, -0.2) is 28.5 Å². The van der Waals surface area contributed by atoms with Gasteiger partial charge in [0.1, 0.15) is 23.8 Å². The highest BCUT2D eigenvalue weighted by molar-refractivity contribution is 5.89. The van der Waals surface area contributed by atoms with Crippen molar-refractivity contribution < 1.29 is 14.3 Å². The topological polar surface area (TPSA) is 77.7 Å². The minimum absolute atomic E-state index is 0.140. The molecular formula is C34H32N4O3. The molecule has 41 heavy (non-hydrogen) atoms. The molecule has 1 heterocycles. The summed E-state index contributed by atoms with van der Waals surface area (Å²) in [5.41, 5.74) is 8.15. The summed E-state index contributed by atoms with van der Waals surface area (Å²) in [6.07, 6.45) is 3.48. The lowest BCUT2D eigenvalue weighted by atomic mass is 10.0. The molecule has 1 aromatic heterocycles. The van der Waals surface area contributed by atoms with Gasteiger partial charge in [-0.1, -0.05) is 74.5 Å². The summed E-state index contributed by atoms with van der Waals surface area (Å²) in [4.78, 5) is 12.4. The number of nitrogens with one attached hydrogen (secondary N) is 1. The first-order valence-corrected chi connectivity index (χ1v) is 13.5. The highest BCUT2D eigenvalue weighted by Gasteiger charge is 2.12. The van der Waals surface area contributed by atoms with Crippen molar-refractivity contribution in [3.63, 3.8) is 0 Å². The molecule has 0 radical (unpaired) electrons. The maximum Gasteiger partial charge on any atom is 0.277 e. The van der Waals surface area contributed by atoms with Crippen molar-refractivity contribution in [2.24, 2.45) is 5.10 Å². The number of hydrazone groups is 1. The Morgan fingerprint density at radius 2 is 1.49 bits per heavy atom. The van der Waals surface area contributed by atoms with E-state index >= 15 is 0 Å². The number of carbonyl (C=O) groups is 1. The first-order chi connectivity index (χ1) is 20.0. The largest absolute Gasteiger partial charge is 0.489 e. The molecule has 1 amide bonds. The fourth-order valence-corrected chi connectivity index (χ4v) is 4.17. The van der Waals surface area contributed by atoms with Crippen molar-refractivity contribution in [3.05, 3.63) is 132 Å². The Morgan fingerprint density at radius 3 is 2.17 bits per heavy atom. The molecule has 0 saturated carbocycles. The number of nitrogens with zero attached hydrogens (tertiary/aromatic N) is 3. The van der Waals surface area contributed by atoms with Gasteiger partial charge in [0.2, 0.25) is 0 Å². The molecular weight excluding hydrogens is 512 g/mol. The van der Waals surface area contributed by atoms with Gasteiger partial charge in [0, 0.05) is 17.3 Å². The van der Waals surface area contributed by atoms with E-state index in [0.29, 0.717) is 18.3 Å². The number of rotatable bonds is 11. The number of aromatic nitrogens is 2. The molecule has 206 valence electrons. The third-order valence-electron chi connectivity index (χ3n) is 6.45. The maximum atomic E-state index is 12.4. The van der Waals surface area contributed by atoms with E-state index in [2.05, 4.69) is 24.4 Å². The number of carbonyl (C=O) groups excluding carboxylic acids is 1. The summed E-state index contributed by atoms with van der Waals surface area (Å²) in [5.74, 6) is 1.48. The number of benzene rings is 4. The quantitative estimate of drug-likeness (QED) is 0.147. The number of hydrogen-bond donors (Lipinski definition) is 1. The van der Waals surface area contributed by atoms with Gasteiger partial charge >= 0.3 is 0 Å². The van der Waals surface area contributed by atoms with Crippen LogP contribution in [0.1, 0.15) is 36.5 Å². The van der Waals surface area contributed by atoms with E-state index in [-0.39, 0.29) is 12.5 Å². The molecule has 0 atom stereocenters. The average Bonchev–Trinajstić information content (AvgIpc) is 3.44. The number of para-hydroxylation sites is 1. The average molecular weight is 545 g/mol. The summed E-state index contributed by atoms with van der Waals surface area (Å²) in [7, 11) is 0. The molecule has 1 N–H and O–H groups in total. The zero-order valence-electron chi connectivity index (χ0n) is 23.1. The van der Waals surface area contributed by atoms with Crippen LogP contribution in [0.25, 0.3) is 16.9 Å². The monoisotopic (exact) mass is 544 g/mol. The number of hydrogen-bond acceptors (Lipinski definition) is 5. The molecule has 0 unspecified atom stereocenters. The Hall–Kier alpha value is -5.17. The van der Waals surface area contributed by atoms with Crippen LogP contribution in [0.2, 0.25) is 0 Å². The summed E-state index contributed by atoms with van der Waals surface area (Å²) < 4.78 is 13.3. The standard InChI is InChI=1S/C34H32N4O3/c1-25(2)27-13-17-32(18-14-27)41-24-33(39)36-35-21-29-22-38(30-11-7-4-8-12-30)37-34(29)28-15-19-31(20-16-28)40-23-26-9-5-3-6-10-26/h3-22,25H,23-24H2,1-2H3,(H,36,39)/b35-21+. The predicted octanol–water partition coefficient (Wildman–Crippen LogP) is 6.77. The van der Waals surface area contributed by atoms with Gasteiger partial charge in [0.25, 0.3) is 5.91 Å². The molecule has 5 aromatic rings. The van der Waals surface area contributed by atoms with E-state index in [0.717, 1.165) is 33.8 Å². The van der Waals surface area contributed by atoms with E-state index in [1.165, 1.54) is 5.56 Å². The van der Waals surface area contributed by atoms with Gasteiger partial charge in [-0.2, -0.15) is 10.2 Å². The molecule has 4 aromatic carbocycles. The number of ether oxygens (including phenoxy) is 2. The summed E-state index contributed by atoms with van der Waals surface area (Å²) in [6.45, 7) is 4.62. The molecule has 0 aliphatic rings. The molecule has 5 rings (SSSR count). The SMILES string of the molecule is CC(C)c1ccc(OCC(=O)N/N=C/c2cn(-c3ccccc3)nc2-c2ccc(OCc3ccccc3)cc2)cc1. The highest BCUT2D eigenvalue weighted by Crippen LogP contribution is 2.25. The molecule has 7 nitrogen and oxygen atoms in total. The predicted molar refractivity (Wildman–Crippen MR) is 162 cm³/mol. The van der Waals surface area contributed by atoms with E-state index in [4.69, 9.17) is 14.6 Å². The lowest BCUT2D eigenvalue weighted by Gasteiger charge is -2.08. The fraction of sp³-hybridized carbons (Fsp3) is 0.147. The van der Waals surface area contributed by atoms with Crippen LogP contribution in [0, 0.1) is 0 Å². The van der Waals surface area contributed by atoms with Crippen molar-refractivity contribution >= 4 is 12.1 Å². The fourth-order valence-electron chi connectivity index (χ4n) is 4.17. The molecule has 0 aliphatic carbocycles. The molecule has 7 heteroatoms. The Morgan fingerprint density at radius 1 is 0.854 bits per heavy atom. The van der Waals surface area contributed by atoms with Crippen molar-refractivity contribution in [2.75, 3.05) is 6.61 Å². The van der Waals surface area contributed by atoms with Gasteiger partial charge in [-0.3, -0.25) is 4.79 Å². The third kappa shape index (κ3) is 7.48. The van der Waals surface area contributed by atoms with Gasteiger partial charge in [-0.25, -0.2) is 10.1 Å². The Bertz CT molecular complexity index is 1580. The van der Waals surface area contributed by atoms with Crippen LogP contribution in [0.4, 0.5) is 0 Å². The maximum absolute atomic E-state index is 12.4. The van der Waals surface area contributed by atoms with Crippen LogP contribution < -0.4 is 14.9 Å². The van der Waals surface area contributed by atoms with Gasteiger partial charge < -0.3 is 9.47 Å². The van der Waals surface area contributed by atoms with E-state index in [1.807, 2.05) is 115 Å². The van der Waals surface area contributed by atoms with Gasteiger partial charge in [0.15, 0.2) is 6.61 Å². The van der Waals surface area contributed by atoms with Gasteiger partial charge in [-0.05, 0) is 65.6 Å². The Labute approximate surface area is 240 Å². The van der Waals surface area contributed by atoms with Crippen molar-refractivity contribution in [1.82, 2.24) is 15.2 Å². The summed E-state index contributed by atoms with van der Waals surface area (Å²) >= 11 is 0. The minimum Gasteiger partial charge on any atom is -0.489 e. The van der Waals surface area contributed by atoms with Crippen LogP contribution in [-0.2, 0) is 11.4 Å². The smallest absolute Gasteiger partial charge is 0.277 e. The van der Waals surface area contributed by atoms with Crippen molar-refractivity contribution in [1.29, 1.82) is 0 Å². The minimum atomic E-state index is -0.355. The highest BCUT2D eigenvalue weighted by atomic mass is 16.5. The summed E-state index contributed by atoms with van der Waals surface area (Å²) in [6, 6.07) is 35.4. The van der Waals surface area contributed by atoms with Gasteiger partial charge in [-0.15, -0.1) is 0 Å². The molecule has 0 saturated heterocycles. The Balaban J connectivity index is 1.27. The zero-order chi connectivity index (χ0) is 28.4. The third-order valence-corrected chi connectivity index (χ3v) is 6.45. The molecule has 0 bridgehead atoms. The van der Waals surface area contributed by atoms with Gasteiger partial charge in [0.05, 0.1) is 11.9 Å². The lowest BCUT2D eigenvalue weighted by Crippen LogP contribution is -2.24. The second kappa shape index (κ2) is 13.3. The first-order valence-electron chi connectivity index (χ1n) is 13.5. The van der Waals surface area contributed by atoms with Crippen LogP contribution in [0.15, 0.2) is 120 Å².